The van der Waals surface area contributed by atoms with Gasteiger partial charge in [0.05, 0.1) is 16.5 Å². The van der Waals surface area contributed by atoms with Crippen molar-refractivity contribution in [2.45, 2.75) is 17.3 Å². The van der Waals surface area contributed by atoms with Crippen molar-refractivity contribution in [2.75, 3.05) is 32.8 Å². The molecule has 4 fully saturated rings. The van der Waals surface area contributed by atoms with Crippen LogP contribution in [-0.2, 0) is 10.8 Å². The number of ether oxygens (including phenoxy) is 2. The smallest absolute Gasteiger partial charge is 0.310 e. The third-order valence-corrected chi connectivity index (χ3v) is 8.87. The van der Waals surface area contributed by atoms with E-state index in [1.54, 1.807) is 0 Å². The molecule has 224 valence electrons. The van der Waals surface area contributed by atoms with Gasteiger partial charge in [0, 0.05) is 61.3 Å². The Labute approximate surface area is 251 Å². The van der Waals surface area contributed by atoms with E-state index in [-0.39, 0.29) is 22.2 Å². The molecule has 4 bridgehead atoms. The Morgan fingerprint density at radius 2 is 0.955 bits per heavy atom. The lowest BCUT2D eigenvalue weighted by Gasteiger charge is -2.64. The summed E-state index contributed by atoms with van der Waals surface area (Å²) in [5, 5.41) is 41.9. The van der Waals surface area contributed by atoms with Gasteiger partial charge >= 0.3 is 11.4 Å². The number of hydrogen-bond acceptors (Lipinski definition) is 10. The van der Waals surface area contributed by atoms with Gasteiger partial charge in [0.1, 0.15) is 23.0 Å². The fraction of sp³-hybridized carbons (Fsp3) is 0.250. The van der Waals surface area contributed by atoms with Gasteiger partial charge in [-0.3, -0.25) is 30.0 Å². The predicted octanol–water partition coefficient (Wildman–Crippen LogP) is 5.67. The van der Waals surface area contributed by atoms with Crippen molar-refractivity contribution < 1.29 is 29.5 Å². The van der Waals surface area contributed by atoms with Crippen molar-refractivity contribution in [1.82, 2.24) is 9.80 Å². The summed E-state index contributed by atoms with van der Waals surface area (Å²) in [6, 6.07) is 23.7. The minimum Gasteiger partial charge on any atom is -0.502 e. The lowest BCUT2D eigenvalue weighted by atomic mass is 9.57. The second-order valence-corrected chi connectivity index (χ2v) is 11.9. The molecule has 4 heterocycles. The number of benzene rings is 4. The lowest BCUT2D eigenvalue weighted by molar-refractivity contribution is -0.386. The molecular weight excluding hydrogens is 568 g/mol. The molecule has 0 unspecified atom stereocenters. The molecule has 0 saturated carbocycles. The van der Waals surface area contributed by atoms with Crippen LogP contribution < -0.4 is 9.47 Å². The van der Waals surface area contributed by atoms with Crippen molar-refractivity contribution in [3.63, 3.8) is 0 Å². The van der Waals surface area contributed by atoms with E-state index in [4.69, 9.17) is 9.47 Å². The van der Waals surface area contributed by atoms with E-state index in [9.17, 15) is 30.4 Å². The van der Waals surface area contributed by atoms with Crippen LogP contribution in [0.25, 0.3) is 0 Å². The molecular formula is C32H28N4O8. The second kappa shape index (κ2) is 10.2. The van der Waals surface area contributed by atoms with Crippen molar-refractivity contribution in [3.8, 4) is 34.5 Å². The van der Waals surface area contributed by atoms with Gasteiger partial charge in [-0.1, -0.05) is 24.3 Å². The number of hydrogen-bond donors (Lipinski definition) is 2. The molecule has 12 heteroatoms. The largest absolute Gasteiger partial charge is 0.502 e. The Balaban J connectivity index is 1.10. The maximum atomic E-state index is 11.0. The zero-order chi connectivity index (χ0) is 30.6. The van der Waals surface area contributed by atoms with E-state index >= 15 is 0 Å². The van der Waals surface area contributed by atoms with Gasteiger partial charge in [-0.15, -0.1) is 0 Å². The normalized spacial score (nSPS) is 25.0. The number of nitrogens with zero attached hydrogens (tertiary/aromatic N) is 4. The molecule has 4 saturated heterocycles. The van der Waals surface area contributed by atoms with Gasteiger partial charge in [0.2, 0.25) is 0 Å². The first-order valence-electron chi connectivity index (χ1n) is 14.1. The van der Waals surface area contributed by atoms with Gasteiger partial charge in [-0.2, -0.15) is 0 Å². The number of aromatic hydroxyl groups is 2. The summed E-state index contributed by atoms with van der Waals surface area (Å²) >= 11 is 0. The summed E-state index contributed by atoms with van der Waals surface area (Å²) in [6.45, 7) is 4.73. The molecule has 44 heavy (non-hydrogen) atoms. The van der Waals surface area contributed by atoms with Crippen LogP contribution in [0.2, 0.25) is 0 Å². The molecule has 0 atom stereocenters. The zero-order valence-corrected chi connectivity index (χ0v) is 23.5. The van der Waals surface area contributed by atoms with E-state index in [0.717, 1.165) is 39.3 Å². The fourth-order valence-electron chi connectivity index (χ4n) is 7.31. The Kier molecular flexibility index (Phi) is 6.41. The maximum Gasteiger partial charge on any atom is 0.310 e. The van der Waals surface area contributed by atoms with E-state index in [1.165, 1.54) is 47.5 Å². The fourth-order valence-corrected chi connectivity index (χ4v) is 7.31. The van der Waals surface area contributed by atoms with E-state index in [2.05, 4.69) is 34.1 Å². The van der Waals surface area contributed by atoms with Gasteiger partial charge in [0.15, 0.2) is 11.5 Å². The molecule has 4 aliphatic heterocycles. The molecule has 4 aromatic carbocycles. The van der Waals surface area contributed by atoms with Crippen LogP contribution in [0.5, 0.6) is 34.5 Å². The first-order valence-corrected chi connectivity index (χ1v) is 14.1. The average molecular weight is 597 g/mol. The first-order chi connectivity index (χ1) is 21.1. The number of phenols is 2. The maximum absolute atomic E-state index is 11.0. The molecule has 0 aromatic heterocycles. The average Bonchev–Trinajstić information content (AvgIpc) is 2.97. The highest BCUT2D eigenvalue weighted by molar-refractivity contribution is 5.52. The van der Waals surface area contributed by atoms with Crippen molar-refractivity contribution in [3.05, 3.63) is 116 Å². The van der Waals surface area contributed by atoms with E-state index in [1.807, 2.05) is 24.3 Å². The summed E-state index contributed by atoms with van der Waals surface area (Å²) in [5.74, 6) is 0.861. The highest BCUT2D eigenvalue weighted by atomic mass is 16.6. The van der Waals surface area contributed by atoms with Crippen LogP contribution >= 0.6 is 0 Å². The zero-order valence-electron chi connectivity index (χ0n) is 23.5. The number of nitro benzene ring substituents is 2. The van der Waals surface area contributed by atoms with Crippen molar-refractivity contribution in [1.29, 1.82) is 0 Å². The van der Waals surface area contributed by atoms with Crippen LogP contribution in [-0.4, -0.2) is 62.7 Å². The molecule has 12 nitrogen and oxygen atoms in total. The SMILES string of the molecule is O=[N+]([O-])c1ccc(Oc2ccc([C@]34C[N@@]5C[N@](C[C@@](c6ccc(Oc7ccc([N+](=O)[O-])c(O)c7)cc6)(C5)C3)C4)cc2)cc1O. The Morgan fingerprint density at radius 3 is 1.30 bits per heavy atom. The molecule has 0 radical (unpaired) electrons. The second-order valence-electron chi connectivity index (χ2n) is 11.9. The van der Waals surface area contributed by atoms with Crippen molar-refractivity contribution in [2.24, 2.45) is 0 Å². The molecule has 4 aromatic rings. The monoisotopic (exact) mass is 596 g/mol. The first kappa shape index (κ1) is 27.6. The molecule has 0 aliphatic carbocycles. The van der Waals surface area contributed by atoms with Crippen LogP contribution in [0.15, 0.2) is 84.9 Å². The molecule has 4 aliphatic rings. The third-order valence-electron chi connectivity index (χ3n) is 8.87. The molecule has 8 rings (SSSR count). The van der Waals surface area contributed by atoms with Gasteiger partial charge in [0.25, 0.3) is 0 Å². The molecule has 0 amide bonds. The van der Waals surface area contributed by atoms with Crippen LogP contribution in [0, 0.1) is 20.2 Å². The summed E-state index contributed by atoms with van der Waals surface area (Å²) in [5.41, 5.74) is 1.52. The minimum absolute atomic E-state index is 0.0790. The number of rotatable bonds is 8. The molecule has 2 N–H and O–H groups in total. The van der Waals surface area contributed by atoms with Gasteiger partial charge < -0.3 is 19.7 Å². The van der Waals surface area contributed by atoms with E-state index in [0.29, 0.717) is 23.0 Å². The number of piperidine rings is 2. The van der Waals surface area contributed by atoms with Gasteiger partial charge in [-0.05, 0) is 53.9 Å². The summed E-state index contributed by atoms with van der Waals surface area (Å²) in [4.78, 5) is 25.7. The standard InChI is InChI=1S/C32H28N4O8/c37-29-13-25(9-11-27(29)35(39)40)43-23-5-1-21(2-6-23)31-15-32(18-33(16-31)20-34(17-31)19-32)22-3-7-24(8-4-22)44-26-10-12-28(36(41)42)30(38)14-26/h1-14,37-38H,15-20H2/t31-,32-. The molecule has 0 spiro atoms. The Hall–Kier alpha value is -5.20. The lowest BCUT2D eigenvalue weighted by Crippen LogP contribution is -2.74. The van der Waals surface area contributed by atoms with Crippen LogP contribution in [0.3, 0.4) is 0 Å². The highest BCUT2D eigenvalue weighted by Gasteiger charge is 2.57. The summed E-state index contributed by atoms with van der Waals surface area (Å²) < 4.78 is 11.7. The topological polar surface area (TPSA) is 152 Å². The van der Waals surface area contributed by atoms with Crippen LogP contribution in [0.4, 0.5) is 11.4 Å². The van der Waals surface area contributed by atoms with Gasteiger partial charge in [-0.25, -0.2) is 0 Å². The minimum atomic E-state index is -0.644. The quantitative estimate of drug-likeness (QED) is 0.192. The number of phenolic OH excluding ortho intramolecular Hbond substituents is 2. The third kappa shape index (κ3) is 4.83. The van der Waals surface area contributed by atoms with Crippen molar-refractivity contribution >= 4 is 11.4 Å². The Morgan fingerprint density at radius 1 is 0.591 bits per heavy atom. The van der Waals surface area contributed by atoms with E-state index < -0.39 is 21.3 Å². The summed E-state index contributed by atoms with van der Waals surface area (Å²) in [6.07, 6.45) is 0.972. The predicted molar refractivity (Wildman–Crippen MR) is 159 cm³/mol. The highest BCUT2D eigenvalue weighted by Crippen LogP contribution is 2.52. The number of nitro groups is 2. The van der Waals surface area contributed by atoms with Crippen LogP contribution in [0.1, 0.15) is 17.5 Å². The summed E-state index contributed by atoms with van der Waals surface area (Å²) in [7, 11) is 0. The Bertz CT molecular complexity index is 1640.